The molecule has 0 aliphatic heterocycles. The fourth-order valence-electron chi connectivity index (χ4n) is 4.94. The number of carbonyl (C=O) groups excluding carboxylic acids is 1. The van der Waals surface area contributed by atoms with Crippen LogP contribution in [0.25, 0.3) is 21.7 Å². The SMILES string of the molecule is COc1cc(C=O)c2c(oc(=O)c3c(OCc4ccccc4)cc(OCc4ccccc4)cc32)c1OCc1ccccc1. The number of hydrogen-bond donors (Lipinski definition) is 0. The Kier molecular flexibility index (Phi) is 8.04. The molecule has 0 atom stereocenters. The van der Waals surface area contributed by atoms with E-state index in [-0.39, 0.29) is 47.0 Å². The van der Waals surface area contributed by atoms with Gasteiger partial charge in [-0.1, -0.05) is 91.0 Å². The smallest absolute Gasteiger partial charge is 0.348 e. The number of aldehydes is 1. The summed E-state index contributed by atoms with van der Waals surface area (Å²) in [5, 5.41) is 1.02. The Balaban J connectivity index is 1.53. The molecule has 0 aliphatic carbocycles. The summed E-state index contributed by atoms with van der Waals surface area (Å²) in [5.74, 6) is 1.23. The highest BCUT2D eigenvalue weighted by molar-refractivity contribution is 6.15. The summed E-state index contributed by atoms with van der Waals surface area (Å²) in [6, 6.07) is 33.9. The monoisotopic (exact) mass is 572 g/mol. The lowest BCUT2D eigenvalue weighted by Gasteiger charge is -2.17. The van der Waals surface area contributed by atoms with Crippen LogP contribution in [0, 0.1) is 0 Å². The minimum Gasteiger partial charge on any atom is -0.493 e. The summed E-state index contributed by atoms with van der Waals surface area (Å²) in [6.45, 7) is 0.702. The molecule has 7 nitrogen and oxygen atoms in total. The first-order valence-corrected chi connectivity index (χ1v) is 13.8. The molecule has 0 fully saturated rings. The molecule has 0 unspecified atom stereocenters. The second kappa shape index (κ2) is 12.5. The molecule has 6 aromatic rings. The van der Waals surface area contributed by atoms with Gasteiger partial charge in [-0.15, -0.1) is 0 Å². The fourth-order valence-corrected chi connectivity index (χ4v) is 4.94. The van der Waals surface area contributed by atoms with Crippen LogP contribution in [0.5, 0.6) is 23.0 Å². The third kappa shape index (κ3) is 5.92. The summed E-state index contributed by atoms with van der Waals surface area (Å²) in [4.78, 5) is 26.1. The van der Waals surface area contributed by atoms with Crippen molar-refractivity contribution >= 4 is 28.0 Å². The highest BCUT2D eigenvalue weighted by Crippen LogP contribution is 2.43. The Bertz CT molecular complexity index is 1930. The second-order valence-electron chi connectivity index (χ2n) is 9.88. The van der Waals surface area contributed by atoms with Gasteiger partial charge in [0.15, 0.2) is 17.6 Å². The van der Waals surface area contributed by atoms with Crippen LogP contribution < -0.4 is 24.6 Å². The summed E-state index contributed by atoms with van der Waals surface area (Å²) in [6.07, 6.45) is 0.702. The van der Waals surface area contributed by atoms with Crippen molar-refractivity contribution in [2.24, 2.45) is 0 Å². The number of fused-ring (bicyclic) bond motifs is 3. The van der Waals surface area contributed by atoms with Gasteiger partial charge in [0.05, 0.1) is 7.11 Å². The second-order valence-corrected chi connectivity index (χ2v) is 9.88. The van der Waals surface area contributed by atoms with Gasteiger partial charge < -0.3 is 23.4 Å². The molecule has 0 bridgehead atoms. The lowest BCUT2D eigenvalue weighted by molar-refractivity contribution is 0.112. The molecular weight excluding hydrogens is 544 g/mol. The van der Waals surface area contributed by atoms with Crippen LogP contribution in [0.4, 0.5) is 0 Å². The largest absolute Gasteiger partial charge is 0.493 e. The quantitative estimate of drug-likeness (QED) is 0.0903. The maximum Gasteiger partial charge on any atom is 0.348 e. The fraction of sp³-hybridized carbons (Fsp3) is 0.111. The van der Waals surface area contributed by atoms with Crippen LogP contribution >= 0.6 is 0 Å². The van der Waals surface area contributed by atoms with Crippen molar-refractivity contribution in [3.63, 3.8) is 0 Å². The van der Waals surface area contributed by atoms with E-state index in [9.17, 15) is 9.59 Å². The molecule has 0 saturated heterocycles. The molecule has 0 spiro atoms. The molecular formula is C36H28O7. The van der Waals surface area contributed by atoms with Crippen molar-refractivity contribution in [2.75, 3.05) is 7.11 Å². The molecule has 0 N–H and O–H groups in total. The Hall–Kier alpha value is -5.56. The lowest BCUT2D eigenvalue weighted by atomic mass is 10.0. The van der Waals surface area contributed by atoms with Gasteiger partial charge in [0.1, 0.15) is 36.7 Å². The van der Waals surface area contributed by atoms with Crippen molar-refractivity contribution < 1.29 is 28.2 Å². The molecule has 43 heavy (non-hydrogen) atoms. The van der Waals surface area contributed by atoms with E-state index in [0.717, 1.165) is 16.7 Å². The predicted molar refractivity (Wildman–Crippen MR) is 164 cm³/mol. The first-order chi connectivity index (χ1) is 21.1. The Morgan fingerprint density at radius 3 is 1.77 bits per heavy atom. The predicted octanol–water partition coefficient (Wildman–Crippen LogP) is 7.50. The van der Waals surface area contributed by atoms with Crippen LogP contribution in [0.2, 0.25) is 0 Å². The standard InChI is InChI=1S/C36H28O7/c1-39-31-17-27(20-37)32-29-18-28(40-21-24-11-5-2-6-12-24)19-30(41-22-25-13-7-3-8-14-25)33(29)36(38)43-35(32)34(31)42-23-26-15-9-4-10-16-26/h2-20H,21-23H2,1H3. The summed E-state index contributed by atoms with van der Waals surface area (Å²) in [5.41, 5.74) is 2.53. The summed E-state index contributed by atoms with van der Waals surface area (Å²) in [7, 11) is 1.47. The zero-order chi connectivity index (χ0) is 29.6. The van der Waals surface area contributed by atoms with Crippen LogP contribution in [-0.2, 0) is 19.8 Å². The lowest BCUT2D eigenvalue weighted by Crippen LogP contribution is -2.08. The molecule has 1 heterocycles. The minimum atomic E-state index is -0.644. The number of carbonyl (C=O) groups is 1. The zero-order valence-corrected chi connectivity index (χ0v) is 23.4. The van der Waals surface area contributed by atoms with Gasteiger partial charge in [0.25, 0.3) is 0 Å². The van der Waals surface area contributed by atoms with E-state index in [0.29, 0.717) is 29.4 Å². The van der Waals surface area contributed by atoms with Crippen molar-refractivity contribution in [1.82, 2.24) is 0 Å². The van der Waals surface area contributed by atoms with E-state index in [1.165, 1.54) is 7.11 Å². The molecule has 5 aromatic carbocycles. The van der Waals surface area contributed by atoms with Crippen LogP contribution in [-0.4, -0.2) is 13.4 Å². The minimum absolute atomic E-state index is 0.101. The molecule has 214 valence electrons. The third-order valence-corrected chi connectivity index (χ3v) is 7.03. The first-order valence-electron chi connectivity index (χ1n) is 13.8. The van der Waals surface area contributed by atoms with Crippen LogP contribution in [0.15, 0.2) is 118 Å². The highest BCUT2D eigenvalue weighted by atomic mass is 16.5. The van der Waals surface area contributed by atoms with Crippen molar-refractivity contribution in [1.29, 1.82) is 0 Å². The Morgan fingerprint density at radius 2 is 1.21 bits per heavy atom. The normalized spacial score (nSPS) is 10.9. The van der Waals surface area contributed by atoms with Crippen molar-refractivity contribution in [3.8, 4) is 23.0 Å². The zero-order valence-electron chi connectivity index (χ0n) is 23.4. The van der Waals surface area contributed by atoms with Gasteiger partial charge in [0.2, 0.25) is 5.75 Å². The van der Waals surface area contributed by atoms with Gasteiger partial charge >= 0.3 is 5.63 Å². The maximum atomic E-state index is 13.7. The highest BCUT2D eigenvalue weighted by Gasteiger charge is 2.23. The molecule has 0 aliphatic rings. The number of benzene rings is 5. The van der Waals surface area contributed by atoms with Gasteiger partial charge in [-0.2, -0.15) is 0 Å². The van der Waals surface area contributed by atoms with Gasteiger partial charge in [-0.05, 0) is 28.8 Å². The van der Waals surface area contributed by atoms with E-state index >= 15 is 0 Å². The Morgan fingerprint density at radius 1 is 0.651 bits per heavy atom. The number of ether oxygens (including phenoxy) is 4. The third-order valence-electron chi connectivity index (χ3n) is 7.03. The average Bonchev–Trinajstić information content (AvgIpc) is 3.06. The number of hydrogen-bond acceptors (Lipinski definition) is 7. The van der Waals surface area contributed by atoms with Crippen molar-refractivity contribution in [2.45, 2.75) is 19.8 Å². The molecule has 0 radical (unpaired) electrons. The van der Waals surface area contributed by atoms with Crippen molar-refractivity contribution in [3.05, 3.63) is 142 Å². The molecule has 7 heteroatoms. The van der Waals surface area contributed by atoms with Crippen LogP contribution in [0.3, 0.4) is 0 Å². The van der Waals surface area contributed by atoms with E-state index in [1.807, 2.05) is 91.0 Å². The van der Waals surface area contributed by atoms with E-state index in [1.54, 1.807) is 18.2 Å². The maximum absolute atomic E-state index is 13.7. The first kappa shape index (κ1) is 27.6. The molecule has 0 saturated carbocycles. The van der Waals surface area contributed by atoms with E-state index in [2.05, 4.69) is 0 Å². The van der Waals surface area contributed by atoms with Crippen LogP contribution in [0.1, 0.15) is 27.0 Å². The average molecular weight is 573 g/mol. The Labute approximate surface area is 247 Å². The number of rotatable bonds is 11. The van der Waals surface area contributed by atoms with E-state index in [4.69, 9.17) is 23.4 Å². The number of methoxy groups -OCH3 is 1. The topological polar surface area (TPSA) is 84.2 Å². The summed E-state index contributed by atoms with van der Waals surface area (Å²) < 4.78 is 30.0. The van der Waals surface area contributed by atoms with E-state index < -0.39 is 5.63 Å². The van der Waals surface area contributed by atoms with Gasteiger partial charge in [-0.25, -0.2) is 4.79 Å². The molecule has 0 amide bonds. The summed E-state index contributed by atoms with van der Waals surface area (Å²) >= 11 is 0. The molecule has 6 rings (SSSR count). The van der Waals surface area contributed by atoms with Gasteiger partial charge in [-0.3, -0.25) is 4.79 Å². The molecule has 1 aromatic heterocycles. The van der Waals surface area contributed by atoms with Gasteiger partial charge in [0, 0.05) is 22.4 Å².